The van der Waals surface area contributed by atoms with Crippen LogP contribution in [0.3, 0.4) is 0 Å². The summed E-state index contributed by atoms with van der Waals surface area (Å²) in [4.78, 5) is 108. The number of unbranched alkanes of at least 4 members (excludes halogenated alkanes) is 1. The van der Waals surface area contributed by atoms with E-state index in [1.54, 1.807) is 47.4 Å². The van der Waals surface area contributed by atoms with Gasteiger partial charge in [-0.15, -0.1) is 0 Å². The number of phenolic OH excluding ortho intramolecular Hbond substituents is 1. The fraction of sp³-hybridized carbons (Fsp3) is 0.535. The second kappa shape index (κ2) is 28.5. The second-order valence-corrected chi connectivity index (χ2v) is 17.1. The molecule has 2 aromatic carbocycles. The summed E-state index contributed by atoms with van der Waals surface area (Å²) < 4.78 is 0.447. The standard InChI is InChI=1S/C43H61IN8O14/c44-30-22-29(9-11-35(30)53)24-32(40(61)48-33(23-28-6-2-1-3-7-28)41(62)47-31(42(63)64)8-4-5-13-45)46-36(54)12-10-34(43(65)66)52-20-18-50(26-38(57)58)16-14-49(25-37(55)56)15-17-51(19-21-52)27-39(59)60/h1-3,6-7,9,11,22,31-34,53H,4-5,8,10,12-21,23-27,45H2,(H,46,54)(H,47,62)(H,48,61)(H,55,56)(H,57,58)(H,59,60)(H,63,64)(H,65,66)/t31-,32-,33?,34?/m1/s1. The molecular formula is C43H61IN8O14. The van der Waals surface area contributed by atoms with Gasteiger partial charge in [0.15, 0.2) is 0 Å². The fourth-order valence-corrected chi connectivity index (χ4v) is 7.97. The number of rotatable bonds is 25. The van der Waals surface area contributed by atoms with Gasteiger partial charge < -0.3 is 52.3 Å². The number of nitrogens with one attached hydrogen (secondary N) is 3. The Morgan fingerprint density at radius 3 is 1.55 bits per heavy atom. The van der Waals surface area contributed by atoms with Gasteiger partial charge in [0.25, 0.3) is 0 Å². The van der Waals surface area contributed by atoms with Gasteiger partial charge in [0.05, 0.1) is 23.2 Å². The summed E-state index contributed by atoms with van der Waals surface area (Å²) in [6.07, 6.45) is 0.133. The fourth-order valence-electron chi connectivity index (χ4n) is 7.39. The molecule has 1 heterocycles. The maximum atomic E-state index is 14.2. The molecular weight excluding hydrogens is 979 g/mol. The lowest BCUT2D eigenvalue weighted by Crippen LogP contribution is -2.57. The van der Waals surface area contributed by atoms with E-state index < -0.39 is 91.2 Å². The van der Waals surface area contributed by atoms with E-state index in [9.17, 15) is 69.0 Å². The molecule has 4 atom stereocenters. The lowest BCUT2D eigenvalue weighted by molar-refractivity contribution is -0.145. The Labute approximate surface area is 395 Å². The predicted octanol–water partition coefficient (Wildman–Crippen LogP) is -0.841. The van der Waals surface area contributed by atoms with E-state index in [0.717, 1.165) is 0 Å². The third kappa shape index (κ3) is 20.4. The number of carbonyl (C=O) groups excluding carboxylic acids is 3. The van der Waals surface area contributed by atoms with E-state index in [2.05, 4.69) is 16.0 Å². The van der Waals surface area contributed by atoms with Crippen molar-refractivity contribution in [2.45, 2.75) is 69.1 Å². The Balaban J connectivity index is 1.89. The third-order valence-electron chi connectivity index (χ3n) is 10.9. The molecule has 0 radical (unpaired) electrons. The summed E-state index contributed by atoms with van der Waals surface area (Å²) in [5, 5.41) is 67.0. The van der Waals surface area contributed by atoms with Crippen LogP contribution in [-0.4, -0.2) is 201 Å². The number of hydrogen-bond donors (Lipinski definition) is 10. The summed E-state index contributed by atoms with van der Waals surface area (Å²) in [6, 6.07) is 7.93. The number of aromatic hydroxyl groups is 1. The van der Waals surface area contributed by atoms with Crippen molar-refractivity contribution in [3.8, 4) is 5.75 Å². The first-order valence-electron chi connectivity index (χ1n) is 21.5. The zero-order chi connectivity index (χ0) is 48.8. The first-order valence-corrected chi connectivity index (χ1v) is 22.6. The molecule has 11 N–H and O–H groups in total. The lowest BCUT2D eigenvalue weighted by Gasteiger charge is -2.35. The zero-order valence-corrected chi connectivity index (χ0v) is 38.7. The monoisotopic (exact) mass is 1040 g/mol. The molecule has 0 spiro atoms. The zero-order valence-electron chi connectivity index (χ0n) is 36.6. The number of carboxylic acid groups (broad SMARTS) is 5. The number of halogens is 1. The van der Waals surface area contributed by atoms with Gasteiger partial charge >= 0.3 is 29.8 Å². The van der Waals surface area contributed by atoms with E-state index in [4.69, 9.17) is 5.73 Å². The molecule has 2 aromatic rings. The van der Waals surface area contributed by atoms with Gasteiger partial charge in [-0.3, -0.25) is 53.2 Å². The van der Waals surface area contributed by atoms with Crippen LogP contribution in [0.2, 0.25) is 0 Å². The van der Waals surface area contributed by atoms with Crippen molar-refractivity contribution in [2.24, 2.45) is 5.73 Å². The van der Waals surface area contributed by atoms with Gasteiger partial charge in [-0.05, 0) is 78.1 Å². The molecule has 3 rings (SSSR count). The molecule has 23 heteroatoms. The number of phenols is 1. The van der Waals surface area contributed by atoms with Crippen LogP contribution in [-0.2, 0) is 51.2 Å². The average Bonchev–Trinajstić information content (AvgIpc) is 3.24. The van der Waals surface area contributed by atoms with Crippen LogP contribution in [0.25, 0.3) is 0 Å². The Kier molecular flexibility index (Phi) is 23.7. The molecule has 0 aliphatic carbocycles. The number of carbonyl (C=O) groups is 8. The summed E-state index contributed by atoms with van der Waals surface area (Å²) in [5.41, 5.74) is 6.72. The van der Waals surface area contributed by atoms with Gasteiger partial charge in [0.2, 0.25) is 17.7 Å². The number of nitrogens with two attached hydrogens (primary N) is 1. The maximum absolute atomic E-state index is 14.2. The minimum atomic E-state index is -1.36. The molecule has 1 aliphatic rings. The van der Waals surface area contributed by atoms with Crippen LogP contribution >= 0.6 is 22.6 Å². The van der Waals surface area contributed by atoms with Crippen molar-refractivity contribution in [1.29, 1.82) is 0 Å². The van der Waals surface area contributed by atoms with Crippen molar-refractivity contribution in [1.82, 2.24) is 35.6 Å². The van der Waals surface area contributed by atoms with Crippen LogP contribution in [0.15, 0.2) is 48.5 Å². The first kappa shape index (κ1) is 54.9. The highest BCUT2D eigenvalue weighted by molar-refractivity contribution is 14.1. The smallest absolute Gasteiger partial charge is 0.326 e. The molecule has 2 unspecified atom stereocenters. The first-order chi connectivity index (χ1) is 31.3. The molecule has 22 nitrogen and oxygen atoms in total. The van der Waals surface area contributed by atoms with Crippen molar-refractivity contribution in [2.75, 3.05) is 78.5 Å². The highest BCUT2D eigenvalue weighted by Gasteiger charge is 2.32. The van der Waals surface area contributed by atoms with Crippen LogP contribution in [0.5, 0.6) is 5.75 Å². The molecule has 1 aliphatic heterocycles. The van der Waals surface area contributed by atoms with E-state index in [-0.39, 0.29) is 90.3 Å². The largest absolute Gasteiger partial charge is 0.507 e. The summed E-state index contributed by atoms with van der Waals surface area (Å²) in [6.45, 7) is -0.352. The van der Waals surface area contributed by atoms with Crippen LogP contribution in [0.1, 0.15) is 43.2 Å². The molecule has 0 aromatic heterocycles. The Hall–Kier alpha value is -5.47. The van der Waals surface area contributed by atoms with Crippen molar-refractivity contribution in [3.05, 3.63) is 63.2 Å². The number of benzene rings is 2. The Morgan fingerprint density at radius 1 is 0.591 bits per heavy atom. The number of aliphatic carboxylic acids is 5. The lowest BCUT2D eigenvalue weighted by atomic mass is 10.0. The highest BCUT2D eigenvalue weighted by Crippen LogP contribution is 2.21. The molecule has 3 amide bonds. The van der Waals surface area contributed by atoms with E-state index >= 15 is 0 Å². The third-order valence-corrected chi connectivity index (χ3v) is 11.8. The predicted molar refractivity (Wildman–Crippen MR) is 245 cm³/mol. The summed E-state index contributed by atoms with van der Waals surface area (Å²) in [7, 11) is 0. The Bertz CT molecular complexity index is 1930. The maximum Gasteiger partial charge on any atom is 0.326 e. The number of hydrogen-bond acceptors (Lipinski definition) is 14. The van der Waals surface area contributed by atoms with Crippen molar-refractivity contribution < 1.29 is 69.0 Å². The quantitative estimate of drug-likeness (QED) is 0.0428. The Morgan fingerprint density at radius 2 is 1.08 bits per heavy atom. The van der Waals surface area contributed by atoms with Gasteiger partial charge in [-0.1, -0.05) is 36.4 Å². The molecule has 66 heavy (non-hydrogen) atoms. The van der Waals surface area contributed by atoms with Crippen molar-refractivity contribution in [3.63, 3.8) is 0 Å². The van der Waals surface area contributed by atoms with Crippen LogP contribution in [0, 0.1) is 3.57 Å². The van der Waals surface area contributed by atoms with Gasteiger partial charge in [-0.2, -0.15) is 0 Å². The molecule has 0 saturated carbocycles. The topological polar surface area (TPSA) is 333 Å². The SMILES string of the molecule is NCCCC[C@@H](NC(=O)C(Cc1ccccc1)NC(=O)[C@@H](Cc1ccc(O)c(I)c1)NC(=O)CCC(C(=O)O)N1CCN(CC(=O)O)CCN(CC(=O)O)CCN(CC(=O)O)CC1)C(=O)O. The molecule has 1 fully saturated rings. The van der Waals surface area contributed by atoms with Gasteiger partial charge in [0.1, 0.15) is 29.9 Å². The van der Waals surface area contributed by atoms with Gasteiger partial charge in [-0.25, -0.2) is 4.79 Å². The number of nitrogens with zero attached hydrogens (tertiary/aromatic N) is 4. The highest BCUT2D eigenvalue weighted by atomic mass is 127. The van der Waals surface area contributed by atoms with Crippen molar-refractivity contribution >= 4 is 70.2 Å². The average molecular weight is 1040 g/mol. The molecule has 1 saturated heterocycles. The number of carboxylic acids is 5. The minimum absolute atomic E-state index is 0.0170. The summed E-state index contributed by atoms with van der Waals surface area (Å²) in [5.74, 6) is -8.39. The number of amides is 3. The van der Waals surface area contributed by atoms with E-state index in [1.807, 2.05) is 22.6 Å². The molecule has 0 bridgehead atoms. The summed E-state index contributed by atoms with van der Waals surface area (Å²) >= 11 is 1.89. The van der Waals surface area contributed by atoms with E-state index in [0.29, 0.717) is 34.1 Å². The normalized spacial score (nSPS) is 16.6. The van der Waals surface area contributed by atoms with E-state index in [1.165, 1.54) is 20.8 Å². The second-order valence-electron chi connectivity index (χ2n) is 16.0. The van der Waals surface area contributed by atoms with Crippen LogP contribution < -0.4 is 21.7 Å². The van der Waals surface area contributed by atoms with Gasteiger partial charge in [0, 0.05) is 71.6 Å². The molecule has 364 valence electrons. The minimum Gasteiger partial charge on any atom is -0.507 e. The van der Waals surface area contributed by atoms with Crippen LogP contribution in [0.4, 0.5) is 0 Å².